The summed E-state index contributed by atoms with van der Waals surface area (Å²) >= 11 is 0. The molecule has 4 aliphatic rings. The molecule has 2 saturated carbocycles. The fourth-order valence-corrected chi connectivity index (χ4v) is 3.26. The van der Waals surface area contributed by atoms with Crippen LogP contribution in [0.4, 0.5) is 0 Å². The summed E-state index contributed by atoms with van der Waals surface area (Å²) in [5.41, 5.74) is 0. The van der Waals surface area contributed by atoms with Crippen LogP contribution in [0.25, 0.3) is 0 Å². The molecule has 0 aromatic carbocycles. The van der Waals surface area contributed by atoms with Gasteiger partial charge in [-0.2, -0.15) is 0 Å². The van der Waals surface area contributed by atoms with E-state index in [4.69, 9.17) is 14.2 Å². The summed E-state index contributed by atoms with van der Waals surface area (Å²) in [5.74, 6) is 1.26. The van der Waals surface area contributed by atoms with Crippen molar-refractivity contribution >= 4 is 0 Å². The van der Waals surface area contributed by atoms with Gasteiger partial charge in [0.05, 0.1) is 25.4 Å². The maximum Gasteiger partial charge on any atom is 0.172 e. The molecular weight excluding hydrogens is 156 g/mol. The summed E-state index contributed by atoms with van der Waals surface area (Å²) in [6.07, 6.45) is 3.40. The molecule has 3 nitrogen and oxygen atoms in total. The van der Waals surface area contributed by atoms with Gasteiger partial charge in [-0.3, -0.25) is 0 Å². The molecule has 3 heteroatoms. The third kappa shape index (κ3) is 0.543. The van der Waals surface area contributed by atoms with Gasteiger partial charge >= 0.3 is 0 Å². The Hall–Kier alpha value is -0.120. The van der Waals surface area contributed by atoms with Gasteiger partial charge in [0.15, 0.2) is 5.79 Å². The molecule has 4 fully saturated rings. The van der Waals surface area contributed by atoms with E-state index in [0.29, 0.717) is 18.1 Å². The molecule has 0 radical (unpaired) electrons. The monoisotopic (exact) mass is 168 g/mol. The second-order valence-corrected chi connectivity index (χ2v) is 4.36. The summed E-state index contributed by atoms with van der Waals surface area (Å²) in [4.78, 5) is 0. The van der Waals surface area contributed by atoms with Crippen LogP contribution in [0.5, 0.6) is 0 Å². The van der Waals surface area contributed by atoms with Crippen molar-refractivity contribution in [3.63, 3.8) is 0 Å². The molecule has 2 saturated heterocycles. The van der Waals surface area contributed by atoms with Gasteiger partial charge in [-0.1, -0.05) is 0 Å². The Kier molecular flexibility index (Phi) is 0.908. The minimum Gasteiger partial charge on any atom is -0.369 e. The summed E-state index contributed by atoms with van der Waals surface area (Å²) in [7, 11) is 0. The molecule has 1 spiro atoms. The molecular formula is C9H12O3. The Morgan fingerprint density at radius 3 is 2.75 bits per heavy atom. The smallest absolute Gasteiger partial charge is 0.172 e. The second-order valence-electron chi connectivity index (χ2n) is 4.36. The van der Waals surface area contributed by atoms with Gasteiger partial charge in [0.2, 0.25) is 0 Å². The van der Waals surface area contributed by atoms with Gasteiger partial charge in [-0.25, -0.2) is 0 Å². The number of epoxide rings is 1. The van der Waals surface area contributed by atoms with E-state index in [-0.39, 0.29) is 5.79 Å². The first-order valence-corrected chi connectivity index (χ1v) is 4.82. The lowest BCUT2D eigenvalue weighted by Crippen LogP contribution is -2.54. The zero-order valence-electron chi connectivity index (χ0n) is 6.86. The Bertz CT molecular complexity index is 234. The first-order valence-electron chi connectivity index (χ1n) is 4.82. The quantitative estimate of drug-likeness (QED) is 0.494. The van der Waals surface area contributed by atoms with Crippen molar-refractivity contribution in [2.75, 3.05) is 13.2 Å². The lowest BCUT2D eigenvalue weighted by Gasteiger charge is -2.48. The van der Waals surface area contributed by atoms with Crippen LogP contribution >= 0.6 is 0 Å². The standard InChI is InChI=1S/C9H12O3/c1-2-11-9(10-1)4-5-6(9)3-7-8(5)12-7/h5-8H,1-4H2. The lowest BCUT2D eigenvalue weighted by atomic mass is 9.69. The van der Waals surface area contributed by atoms with E-state index in [9.17, 15) is 0 Å². The number of rotatable bonds is 0. The SMILES string of the molecule is C1COC2(CC3C4OC4CC32)O1. The number of ether oxygens (including phenoxy) is 3. The molecule has 66 valence electrons. The highest BCUT2D eigenvalue weighted by Crippen LogP contribution is 2.63. The molecule has 2 heterocycles. The van der Waals surface area contributed by atoms with E-state index in [1.807, 2.05) is 0 Å². The lowest BCUT2D eigenvalue weighted by molar-refractivity contribution is -0.277. The van der Waals surface area contributed by atoms with Crippen LogP contribution < -0.4 is 0 Å². The Labute approximate surface area is 71.0 Å². The Morgan fingerprint density at radius 1 is 1.17 bits per heavy atom. The predicted molar refractivity (Wildman–Crippen MR) is 39.5 cm³/mol. The largest absolute Gasteiger partial charge is 0.369 e. The molecule has 0 aromatic heterocycles. The van der Waals surface area contributed by atoms with Crippen molar-refractivity contribution in [1.82, 2.24) is 0 Å². The van der Waals surface area contributed by atoms with Crippen LogP contribution in [0.2, 0.25) is 0 Å². The topological polar surface area (TPSA) is 31.0 Å². The molecule has 0 amide bonds. The highest BCUT2D eigenvalue weighted by atomic mass is 16.7. The van der Waals surface area contributed by atoms with Gasteiger partial charge in [-0.15, -0.1) is 0 Å². The van der Waals surface area contributed by atoms with Crippen molar-refractivity contribution in [2.24, 2.45) is 11.8 Å². The summed E-state index contributed by atoms with van der Waals surface area (Å²) in [5, 5.41) is 0. The van der Waals surface area contributed by atoms with Gasteiger partial charge in [0.25, 0.3) is 0 Å². The molecule has 2 aliphatic heterocycles. The molecule has 4 atom stereocenters. The Morgan fingerprint density at radius 2 is 2.00 bits per heavy atom. The number of hydrogen-bond acceptors (Lipinski definition) is 3. The average Bonchev–Trinajstić information content (AvgIpc) is 2.55. The number of hydrogen-bond donors (Lipinski definition) is 0. The third-order valence-electron chi connectivity index (χ3n) is 3.91. The van der Waals surface area contributed by atoms with Crippen molar-refractivity contribution in [3.05, 3.63) is 0 Å². The van der Waals surface area contributed by atoms with Gasteiger partial charge in [0, 0.05) is 18.3 Å². The summed E-state index contributed by atoms with van der Waals surface area (Å²) in [6.45, 7) is 1.58. The molecule has 0 bridgehead atoms. The maximum atomic E-state index is 5.68. The van der Waals surface area contributed by atoms with Crippen LogP contribution in [0, 0.1) is 11.8 Å². The highest BCUT2D eigenvalue weighted by molar-refractivity contribution is 5.15. The van der Waals surface area contributed by atoms with E-state index < -0.39 is 0 Å². The molecule has 4 unspecified atom stereocenters. The van der Waals surface area contributed by atoms with Crippen molar-refractivity contribution in [3.8, 4) is 0 Å². The fourth-order valence-electron chi connectivity index (χ4n) is 3.26. The molecule has 4 rings (SSSR count). The zero-order valence-corrected chi connectivity index (χ0v) is 6.86. The zero-order chi connectivity index (χ0) is 7.76. The van der Waals surface area contributed by atoms with E-state index >= 15 is 0 Å². The van der Waals surface area contributed by atoms with Crippen molar-refractivity contribution in [2.45, 2.75) is 30.8 Å². The fraction of sp³-hybridized carbons (Fsp3) is 1.00. The average molecular weight is 168 g/mol. The Balaban J connectivity index is 1.63. The summed E-state index contributed by atoms with van der Waals surface area (Å²) in [6, 6.07) is 0. The minimum absolute atomic E-state index is 0.151. The minimum atomic E-state index is -0.151. The maximum absolute atomic E-state index is 5.68. The van der Waals surface area contributed by atoms with Crippen LogP contribution in [-0.2, 0) is 14.2 Å². The predicted octanol–water partition coefficient (Wildman–Crippen LogP) is 0.537. The molecule has 0 aromatic rings. The van der Waals surface area contributed by atoms with Gasteiger partial charge < -0.3 is 14.2 Å². The van der Waals surface area contributed by atoms with E-state index in [1.54, 1.807) is 0 Å². The molecule has 2 aliphatic carbocycles. The van der Waals surface area contributed by atoms with E-state index in [1.165, 1.54) is 6.42 Å². The third-order valence-corrected chi connectivity index (χ3v) is 3.91. The first-order chi connectivity index (χ1) is 5.89. The summed E-state index contributed by atoms with van der Waals surface area (Å²) < 4.78 is 16.8. The van der Waals surface area contributed by atoms with Crippen LogP contribution in [0.1, 0.15) is 12.8 Å². The molecule has 0 N–H and O–H groups in total. The second kappa shape index (κ2) is 1.72. The van der Waals surface area contributed by atoms with E-state index in [2.05, 4.69) is 0 Å². The normalized spacial score (nSPS) is 58.0. The van der Waals surface area contributed by atoms with Crippen molar-refractivity contribution < 1.29 is 14.2 Å². The van der Waals surface area contributed by atoms with Gasteiger partial charge in [0.1, 0.15) is 0 Å². The first kappa shape index (κ1) is 6.35. The van der Waals surface area contributed by atoms with Crippen LogP contribution in [0.15, 0.2) is 0 Å². The highest BCUT2D eigenvalue weighted by Gasteiger charge is 2.70. The van der Waals surface area contributed by atoms with E-state index in [0.717, 1.165) is 25.6 Å². The van der Waals surface area contributed by atoms with Crippen LogP contribution in [-0.4, -0.2) is 31.2 Å². The van der Waals surface area contributed by atoms with Crippen molar-refractivity contribution in [1.29, 1.82) is 0 Å². The number of fused-ring (bicyclic) bond motifs is 4. The van der Waals surface area contributed by atoms with Crippen LogP contribution in [0.3, 0.4) is 0 Å². The molecule has 12 heavy (non-hydrogen) atoms. The van der Waals surface area contributed by atoms with Gasteiger partial charge in [-0.05, 0) is 6.42 Å².